The molecule has 2 amide bonds. The Morgan fingerprint density at radius 2 is 1.81 bits per heavy atom. The minimum Gasteiger partial charge on any atom is -0.369 e. The molecule has 0 spiro atoms. The fraction of sp³-hybridized carbons (Fsp3) is 0.615. The van der Waals surface area contributed by atoms with Gasteiger partial charge in [-0.2, -0.15) is 18.3 Å². The van der Waals surface area contributed by atoms with Crippen molar-refractivity contribution in [3.05, 3.63) is 41.1 Å². The van der Waals surface area contributed by atoms with Crippen LogP contribution in [0.2, 0.25) is 0 Å². The molecule has 226 valence electrons. The van der Waals surface area contributed by atoms with Gasteiger partial charge in [-0.15, -0.1) is 0 Å². The number of fused-ring (bicyclic) bond motifs is 1. The molecule has 3 heterocycles. The first-order valence-corrected chi connectivity index (χ1v) is 13.7. The summed E-state index contributed by atoms with van der Waals surface area (Å²) < 4.78 is 73.7. The van der Waals surface area contributed by atoms with Gasteiger partial charge in [0, 0.05) is 30.7 Å². The molecule has 3 fully saturated rings. The third kappa shape index (κ3) is 5.68. The summed E-state index contributed by atoms with van der Waals surface area (Å²) in [7, 11) is 0. The fourth-order valence-electron chi connectivity index (χ4n) is 5.53. The van der Waals surface area contributed by atoms with Crippen LogP contribution in [-0.4, -0.2) is 53.9 Å². The predicted octanol–water partition coefficient (Wildman–Crippen LogP) is 4.13. The third-order valence-corrected chi connectivity index (χ3v) is 8.46. The van der Waals surface area contributed by atoms with Gasteiger partial charge in [0.1, 0.15) is 5.69 Å². The van der Waals surface area contributed by atoms with E-state index in [-0.39, 0.29) is 67.3 Å². The van der Waals surface area contributed by atoms with Gasteiger partial charge in [-0.25, -0.2) is 22.9 Å². The summed E-state index contributed by atoms with van der Waals surface area (Å²) in [6.07, 6.45) is -3.22. The molecule has 16 heteroatoms. The van der Waals surface area contributed by atoms with E-state index in [1.54, 1.807) is 0 Å². The zero-order valence-electron chi connectivity index (χ0n) is 22.2. The fourth-order valence-corrected chi connectivity index (χ4v) is 5.53. The number of hydrogen-bond acceptors (Lipinski definition) is 8. The van der Waals surface area contributed by atoms with Crippen molar-refractivity contribution in [2.45, 2.75) is 88.1 Å². The predicted molar refractivity (Wildman–Crippen MR) is 132 cm³/mol. The number of aliphatic hydroxyl groups is 1. The monoisotopic (exact) mass is 597 g/mol. The van der Waals surface area contributed by atoms with Crippen LogP contribution in [0.5, 0.6) is 0 Å². The number of imidazole rings is 1. The average Bonchev–Trinajstić information content (AvgIpc) is 3.83. The SMILES string of the molecule is O=C(CC1(C(F)(F)F)CC1)N[C@H](O)c1cnn2cc([C@@H](NC(=O)c3nonc3C3CC3)C3CCC(F)(F)CC3)nc2c1. The van der Waals surface area contributed by atoms with E-state index < -0.39 is 48.0 Å². The highest BCUT2D eigenvalue weighted by atomic mass is 19.4. The summed E-state index contributed by atoms with van der Waals surface area (Å²) in [4.78, 5) is 30.0. The summed E-state index contributed by atoms with van der Waals surface area (Å²) in [5.74, 6) is -4.62. The first-order chi connectivity index (χ1) is 19.8. The third-order valence-electron chi connectivity index (χ3n) is 8.46. The zero-order valence-corrected chi connectivity index (χ0v) is 22.2. The molecule has 2 atom stereocenters. The first kappa shape index (κ1) is 28.4. The van der Waals surface area contributed by atoms with E-state index in [4.69, 9.17) is 4.63 Å². The Balaban J connectivity index is 1.21. The quantitative estimate of drug-likeness (QED) is 0.247. The number of halogens is 5. The van der Waals surface area contributed by atoms with Crippen LogP contribution in [0.1, 0.15) is 103 Å². The van der Waals surface area contributed by atoms with Crippen molar-refractivity contribution in [3.8, 4) is 0 Å². The second-order valence-electron chi connectivity index (χ2n) is 11.6. The lowest BCUT2D eigenvalue weighted by Gasteiger charge is -2.33. The van der Waals surface area contributed by atoms with Crippen LogP contribution in [0.3, 0.4) is 0 Å². The van der Waals surface area contributed by atoms with E-state index in [0.717, 1.165) is 12.8 Å². The smallest absolute Gasteiger partial charge is 0.369 e. The number of alkyl halides is 5. The van der Waals surface area contributed by atoms with Crippen molar-refractivity contribution in [1.29, 1.82) is 0 Å². The maximum atomic E-state index is 14.0. The number of aromatic nitrogens is 5. The number of nitrogens with zero attached hydrogens (tertiary/aromatic N) is 5. The Kier molecular flexibility index (Phi) is 6.93. The highest BCUT2D eigenvalue weighted by molar-refractivity contribution is 5.93. The minimum absolute atomic E-state index is 0.0326. The van der Waals surface area contributed by atoms with Crippen molar-refractivity contribution in [2.24, 2.45) is 11.3 Å². The van der Waals surface area contributed by atoms with Gasteiger partial charge in [0.2, 0.25) is 11.8 Å². The number of rotatable bonds is 9. The Bertz CT molecular complexity index is 1490. The van der Waals surface area contributed by atoms with Crippen molar-refractivity contribution in [2.75, 3.05) is 0 Å². The zero-order chi connectivity index (χ0) is 29.9. The summed E-state index contributed by atoms with van der Waals surface area (Å²) in [6, 6.07) is 0.600. The van der Waals surface area contributed by atoms with Crippen LogP contribution in [0.25, 0.3) is 5.65 Å². The number of carbonyl (C=O) groups excluding carboxylic acids is 2. The Labute approximate surface area is 235 Å². The van der Waals surface area contributed by atoms with Crippen LogP contribution >= 0.6 is 0 Å². The van der Waals surface area contributed by atoms with Crippen molar-refractivity contribution >= 4 is 17.5 Å². The van der Waals surface area contributed by atoms with E-state index >= 15 is 0 Å². The molecule has 3 N–H and O–H groups in total. The van der Waals surface area contributed by atoms with Gasteiger partial charge >= 0.3 is 6.18 Å². The topological polar surface area (TPSA) is 148 Å². The number of hydrogen-bond donors (Lipinski definition) is 3. The molecule has 6 rings (SSSR count). The molecule has 3 saturated carbocycles. The number of nitrogens with one attached hydrogen (secondary N) is 2. The molecule has 0 bridgehead atoms. The Morgan fingerprint density at radius 1 is 1.10 bits per heavy atom. The Morgan fingerprint density at radius 3 is 2.45 bits per heavy atom. The minimum atomic E-state index is -4.51. The largest absolute Gasteiger partial charge is 0.395 e. The normalized spacial score (nSPS) is 21.6. The molecule has 3 aliphatic carbocycles. The van der Waals surface area contributed by atoms with Crippen LogP contribution in [0.4, 0.5) is 22.0 Å². The summed E-state index contributed by atoms with van der Waals surface area (Å²) in [6.45, 7) is 0. The van der Waals surface area contributed by atoms with Gasteiger partial charge in [-0.1, -0.05) is 5.16 Å². The summed E-state index contributed by atoms with van der Waals surface area (Å²) in [5, 5.41) is 27.3. The van der Waals surface area contributed by atoms with Gasteiger partial charge in [0.05, 0.1) is 29.5 Å². The Hall–Kier alpha value is -3.69. The van der Waals surface area contributed by atoms with Crippen LogP contribution in [-0.2, 0) is 4.79 Å². The van der Waals surface area contributed by atoms with Gasteiger partial charge in [-0.05, 0) is 55.7 Å². The molecule has 0 radical (unpaired) electrons. The number of aliphatic hydroxyl groups excluding tert-OH is 1. The molecule has 0 unspecified atom stereocenters. The van der Waals surface area contributed by atoms with Gasteiger partial charge in [-0.3, -0.25) is 9.59 Å². The summed E-state index contributed by atoms with van der Waals surface area (Å²) >= 11 is 0. The number of carbonyl (C=O) groups is 2. The molecule has 3 aromatic heterocycles. The molecule has 0 aliphatic heterocycles. The molecular weight excluding hydrogens is 569 g/mol. The van der Waals surface area contributed by atoms with E-state index in [9.17, 15) is 36.6 Å². The molecular formula is C26H28F5N7O4. The molecule has 0 aromatic carbocycles. The van der Waals surface area contributed by atoms with E-state index in [1.807, 2.05) is 0 Å². The lowest BCUT2D eigenvalue weighted by atomic mass is 9.81. The second-order valence-corrected chi connectivity index (χ2v) is 11.6. The maximum absolute atomic E-state index is 14.0. The highest BCUT2D eigenvalue weighted by Gasteiger charge is 2.63. The standard InChI is InChI=1S/C26H28F5N7O4/c27-25(28)5-3-14(4-6-25)19(35-23(41)21-20(13-1-2-13)36-42-37-21)16-12-38-17(33-16)9-15(11-32-38)22(40)34-18(39)10-24(7-8-24)26(29,30)31/h9,11-14,19,22,40H,1-8,10H2,(H,34,39)(H,35,41)/t19-,22+/m0/s1. The lowest BCUT2D eigenvalue weighted by Crippen LogP contribution is -2.37. The van der Waals surface area contributed by atoms with Crippen LogP contribution < -0.4 is 10.6 Å². The average molecular weight is 598 g/mol. The second kappa shape index (κ2) is 10.2. The molecule has 0 saturated heterocycles. The molecule has 11 nitrogen and oxygen atoms in total. The molecule has 3 aliphatic rings. The van der Waals surface area contributed by atoms with Crippen molar-refractivity contribution in [3.63, 3.8) is 0 Å². The highest BCUT2D eigenvalue weighted by Crippen LogP contribution is 2.60. The van der Waals surface area contributed by atoms with Crippen LogP contribution in [0.15, 0.2) is 23.1 Å². The van der Waals surface area contributed by atoms with E-state index in [0.29, 0.717) is 11.4 Å². The van der Waals surface area contributed by atoms with Gasteiger partial charge in [0.25, 0.3) is 5.91 Å². The summed E-state index contributed by atoms with van der Waals surface area (Å²) in [5.41, 5.74) is -0.975. The first-order valence-electron chi connectivity index (χ1n) is 13.7. The number of amides is 2. The van der Waals surface area contributed by atoms with Crippen molar-refractivity contribution < 1.29 is 41.3 Å². The van der Waals surface area contributed by atoms with E-state index in [2.05, 4.69) is 31.0 Å². The van der Waals surface area contributed by atoms with E-state index in [1.165, 1.54) is 23.0 Å². The molecule has 3 aromatic rings. The maximum Gasteiger partial charge on any atom is 0.395 e. The van der Waals surface area contributed by atoms with Gasteiger partial charge < -0.3 is 15.7 Å². The van der Waals surface area contributed by atoms with Crippen molar-refractivity contribution in [1.82, 2.24) is 35.5 Å². The van der Waals surface area contributed by atoms with Gasteiger partial charge in [0.15, 0.2) is 17.6 Å². The van der Waals surface area contributed by atoms with Crippen LogP contribution in [0, 0.1) is 11.3 Å². The lowest BCUT2D eigenvalue weighted by molar-refractivity contribution is -0.191. The molecule has 42 heavy (non-hydrogen) atoms.